The lowest BCUT2D eigenvalue weighted by atomic mass is 10.2. The molecule has 1 aromatic heterocycles. The van der Waals surface area contributed by atoms with E-state index < -0.39 is 4.92 Å². The van der Waals surface area contributed by atoms with Gasteiger partial charge in [0.2, 0.25) is 17.8 Å². The highest BCUT2D eigenvalue weighted by Crippen LogP contribution is 2.21. The number of hydrogen-bond acceptors (Lipinski definition) is 9. The van der Waals surface area contributed by atoms with Crippen LogP contribution in [0.25, 0.3) is 0 Å². The number of nitrogens with zero attached hydrogens (tertiary/aromatic N) is 6. The minimum absolute atomic E-state index is 0.0152. The number of aromatic nitrogens is 3. The van der Waals surface area contributed by atoms with Crippen molar-refractivity contribution < 1.29 is 4.92 Å². The van der Waals surface area contributed by atoms with Crippen molar-refractivity contribution in [1.82, 2.24) is 15.0 Å². The van der Waals surface area contributed by atoms with Crippen molar-refractivity contribution in [1.29, 1.82) is 0 Å². The molecule has 35 heavy (non-hydrogen) atoms. The normalized spacial score (nSPS) is 10.9. The Bertz CT molecular complexity index is 1130. The lowest BCUT2D eigenvalue weighted by Crippen LogP contribution is -2.28. The SMILES string of the molecule is CCCCN(CCCC)c1nc(N/N=C\c2cccc(Br)c2)nc(Nc2ccc([N+](=O)[O-])cc2)n1. The first-order valence-corrected chi connectivity index (χ1v) is 12.3. The van der Waals surface area contributed by atoms with Crippen LogP contribution in [0, 0.1) is 10.1 Å². The summed E-state index contributed by atoms with van der Waals surface area (Å²) in [5.74, 6) is 1.16. The largest absolute Gasteiger partial charge is 0.341 e. The minimum atomic E-state index is -0.435. The standard InChI is InChI=1S/C24H29BrN8O2/c1-3-5-14-32(15-6-4-2)24-29-22(27-20-10-12-21(13-11-20)33(34)35)28-23(30-24)31-26-17-18-8-7-9-19(25)16-18/h7-13,16-17H,3-6,14-15H2,1-2H3,(H2,27,28,29,30,31)/b26-17-. The number of hydrogen-bond donors (Lipinski definition) is 2. The van der Waals surface area contributed by atoms with Gasteiger partial charge in [0, 0.05) is 35.4 Å². The zero-order valence-corrected chi connectivity index (χ0v) is 21.4. The molecule has 2 N–H and O–H groups in total. The van der Waals surface area contributed by atoms with E-state index in [4.69, 9.17) is 0 Å². The number of benzene rings is 2. The highest BCUT2D eigenvalue weighted by molar-refractivity contribution is 9.10. The van der Waals surface area contributed by atoms with Crippen LogP contribution in [0.2, 0.25) is 0 Å². The van der Waals surface area contributed by atoms with Crippen LogP contribution in [0.1, 0.15) is 45.1 Å². The number of rotatable bonds is 13. The van der Waals surface area contributed by atoms with E-state index >= 15 is 0 Å². The fourth-order valence-electron chi connectivity index (χ4n) is 3.17. The first kappa shape index (κ1) is 26.0. The lowest BCUT2D eigenvalue weighted by Gasteiger charge is -2.23. The molecule has 0 amide bonds. The van der Waals surface area contributed by atoms with Crippen LogP contribution in [0.4, 0.5) is 29.2 Å². The van der Waals surface area contributed by atoms with Gasteiger partial charge in [0.25, 0.3) is 5.69 Å². The van der Waals surface area contributed by atoms with E-state index in [1.165, 1.54) is 12.1 Å². The Hall–Kier alpha value is -3.60. The van der Waals surface area contributed by atoms with Crippen molar-refractivity contribution in [2.45, 2.75) is 39.5 Å². The number of hydrazone groups is 1. The van der Waals surface area contributed by atoms with Crippen LogP contribution in [-0.2, 0) is 0 Å². The second kappa shape index (κ2) is 13.3. The van der Waals surface area contributed by atoms with E-state index in [1.54, 1.807) is 18.3 Å². The monoisotopic (exact) mass is 540 g/mol. The van der Waals surface area contributed by atoms with Crippen LogP contribution in [-0.4, -0.2) is 39.2 Å². The number of unbranched alkanes of at least 4 members (excludes halogenated alkanes) is 2. The van der Waals surface area contributed by atoms with Gasteiger partial charge in [-0.05, 0) is 42.7 Å². The summed E-state index contributed by atoms with van der Waals surface area (Å²) in [4.78, 5) is 26.4. The third-order valence-corrected chi connectivity index (χ3v) is 5.52. The molecule has 0 aliphatic rings. The Morgan fingerprint density at radius 3 is 2.34 bits per heavy atom. The summed E-state index contributed by atoms with van der Waals surface area (Å²) < 4.78 is 0.959. The minimum Gasteiger partial charge on any atom is -0.341 e. The Morgan fingerprint density at radius 1 is 1.03 bits per heavy atom. The zero-order valence-electron chi connectivity index (χ0n) is 19.8. The highest BCUT2D eigenvalue weighted by atomic mass is 79.9. The molecule has 0 unspecified atom stereocenters. The zero-order chi connectivity index (χ0) is 25.0. The number of non-ortho nitro benzene ring substituents is 1. The maximum Gasteiger partial charge on any atom is 0.269 e. The second-order valence-electron chi connectivity index (χ2n) is 7.83. The third-order valence-electron chi connectivity index (χ3n) is 5.03. The smallest absolute Gasteiger partial charge is 0.269 e. The highest BCUT2D eigenvalue weighted by Gasteiger charge is 2.14. The van der Waals surface area contributed by atoms with Crippen molar-refractivity contribution >= 4 is 51.4 Å². The fourth-order valence-corrected chi connectivity index (χ4v) is 3.59. The fraction of sp³-hybridized carbons (Fsp3) is 0.333. The summed E-state index contributed by atoms with van der Waals surface area (Å²) in [5.41, 5.74) is 4.47. The Balaban J connectivity index is 1.88. The summed E-state index contributed by atoms with van der Waals surface area (Å²) in [6.45, 7) is 5.96. The molecule has 2 aromatic carbocycles. The number of nitro benzene ring substituents is 1. The van der Waals surface area contributed by atoms with Gasteiger partial charge in [0.05, 0.1) is 11.1 Å². The summed E-state index contributed by atoms with van der Waals surface area (Å²) in [7, 11) is 0. The molecule has 0 fully saturated rings. The second-order valence-corrected chi connectivity index (χ2v) is 8.75. The van der Waals surface area contributed by atoms with Crippen molar-refractivity contribution in [3.8, 4) is 0 Å². The van der Waals surface area contributed by atoms with Gasteiger partial charge in [-0.1, -0.05) is 54.8 Å². The Kier molecular flexibility index (Phi) is 9.91. The molecule has 0 saturated carbocycles. The molecule has 184 valence electrons. The van der Waals surface area contributed by atoms with Crippen LogP contribution in [0.15, 0.2) is 58.1 Å². The number of nitrogens with one attached hydrogen (secondary N) is 2. The number of halogens is 1. The predicted molar refractivity (Wildman–Crippen MR) is 144 cm³/mol. The molecule has 3 aromatic rings. The van der Waals surface area contributed by atoms with E-state index in [0.29, 0.717) is 23.5 Å². The van der Waals surface area contributed by atoms with Gasteiger partial charge in [-0.25, -0.2) is 5.43 Å². The molecule has 0 aliphatic heterocycles. The van der Waals surface area contributed by atoms with Crippen molar-refractivity contribution in [2.75, 3.05) is 28.7 Å². The molecule has 10 nitrogen and oxygen atoms in total. The average molecular weight is 541 g/mol. The van der Waals surface area contributed by atoms with Crippen LogP contribution in [0.3, 0.4) is 0 Å². The Morgan fingerprint density at radius 2 is 1.71 bits per heavy atom. The summed E-state index contributed by atoms with van der Waals surface area (Å²) in [5, 5.41) is 18.4. The van der Waals surface area contributed by atoms with Gasteiger partial charge in [0.1, 0.15) is 0 Å². The molecule has 0 saturated heterocycles. The van der Waals surface area contributed by atoms with Crippen molar-refractivity contribution in [3.63, 3.8) is 0 Å². The van der Waals surface area contributed by atoms with E-state index in [-0.39, 0.29) is 5.69 Å². The van der Waals surface area contributed by atoms with Crippen molar-refractivity contribution in [3.05, 3.63) is 68.7 Å². The van der Waals surface area contributed by atoms with E-state index in [2.05, 4.69) is 65.5 Å². The number of anilines is 4. The van der Waals surface area contributed by atoms with Crippen molar-refractivity contribution in [2.24, 2.45) is 5.10 Å². The van der Waals surface area contributed by atoms with Gasteiger partial charge in [-0.2, -0.15) is 20.1 Å². The molecule has 0 aliphatic carbocycles. The molecule has 0 bridgehead atoms. The van der Waals surface area contributed by atoms with Crippen LogP contribution in [0.5, 0.6) is 0 Å². The summed E-state index contributed by atoms with van der Waals surface area (Å²) in [6, 6.07) is 13.9. The predicted octanol–water partition coefficient (Wildman–Crippen LogP) is 6.14. The molecule has 0 radical (unpaired) electrons. The van der Waals surface area contributed by atoms with Gasteiger partial charge < -0.3 is 10.2 Å². The molecule has 0 spiro atoms. The van der Waals surface area contributed by atoms with E-state index in [1.807, 2.05) is 24.3 Å². The number of nitro groups is 1. The first-order chi connectivity index (χ1) is 17.0. The van der Waals surface area contributed by atoms with E-state index in [9.17, 15) is 10.1 Å². The van der Waals surface area contributed by atoms with E-state index in [0.717, 1.165) is 48.8 Å². The topological polar surface area (TPSA) is 121 Å². The van der Waals surface area contributed by atoms with Gasteiger partial charge in [0.15, 0.2) is 0 Å². The van der Waals surface area contributed by atoms with Gasteiger partial charge in [-0.3, -0.25) is 10.1 Å². The molecule has 3 rings (SSSR count). The summed E-state index contributed by atoms with van der Waals surface area (Å²) >= 11 is 3.45. The molecule has 0 atom stereocenters. The maximum atomic E-state index is 11.0. The molecular formula is C24H29BrN8O2. The quantitative estimate of drug-likeness (QED) is 0.150. The molecule has 1 heterocycles. The maximum absolute atomic E-state index is 11.0. The van der Waals surface area contributed by atoms with Gasteiger partial charge >= 0.3 is 0 Å². The Labute approximate surface area is 213 Å². The van der Waals surface area contributed by atoms with Crippen LogP contribution < -0.4 is 15.6 Å². The first-order valence-electron chi connectivity index (χ1n) is 11.6. The molecular weight excluding hydrogens is 512 g/mol. The molecule has 11 heteroatoms. The van der Waals surface area contributed by atoms with Crippen LogP contribution >= 0.6 is 15.9 Å². The lowest BCUT2D eigenvalue weighted by molar-refractivity contribution is -0.384. The third kappa shape index (κ3) is 8.29. The summed E-state index contributed by atoms with van der Waals surface area (Å²) in [6.07, 6.45) is 5.84. The van der Waals surface area contributed by atoms with Gasteiger partial charge in [-0.15, -0.1) is 0 Å². The average Bonchev–Trinajstić information content (AvgIpc) is 2.84.